The fraction of sp³-hybridized carbons (Fsp3) is 0.192. The Balaban J connectivity index is 1.34. The van der Waals surface area contributed by atoms with Crippen LogP contribution in [-0.4, -0.2) is 33.6 Å². The van der Waals surface area contributed by atoms with E-state index >= 15 is 0 Å². The maximum atomic E-state index is 12.8. The van der Waals surface area contributed by atoms with Crippen LogP contribution in [0.15, 0.2) is 90.1 Å². The van der Waals surface area contributed by atoms with Gasteiger partial charge in [-0.2, -0.15) is 0 Å². The van der Waals surface area contributed by atoms with Gasteiger partial charge in [-0.05, 0) is 29.7 Å². The monoisotopic (exact) mass is 489 g/mol. The quantitative estimate of drug-likeness (QED) is 0.244. The number of nitrogens with two attached hydrogens (primary N) is 1. The fourth-order valence-electron chi connectivity index (χ4n) is 3.50. The van der Waals surface area contributed by atoms with E-state index in [4.69, 9.17) is 15.3 Å². The second-order valence-corrected chi connectivity index (χ2v) is 8.69. The van der Waals surface area contributed by atoms with Crippen LogP contribution in [0.1, 0.15) is 23.0 Å². The van der Waals surface area contributed by atoms with Gasteiger partial charge in [0, 0.05) is 6.07 Å². The molecule has 9 heteroatoms. The van der Waals surface area contributed by atoms with Crippen molar-refractivity contribution in [2.24, 2.45) is 0 Å². The van der Waals surface area contributed by atoms with E-state index in [9.17, 15) is 4.79 Å². The molecule has 0 aliphatic rings. The van der Waals surface area contributed by atoms with Gasteiger partial charge in [-0.25, -0.2) is 4.68 Å². The molecule has 4 rings (SSSR count). The summed E-state index contributed by atoms with van der Waals surface area (Å²) in [5, 5.41) is 11.8. The molecule has 3 N–H and O–H groups in total. The molecule has 8 nitrogen and oxygen atoms in total. The number of amides is 1. The zero-order valence-electron chi connectivity index (χ0n) is 19.3. The Morgan fingerprint density at radius 3 is 2.46 bits per heavy atom. The minimum atomic E-state index is -0.144. The Morgan fingerprint density at radius 1 is 1.00 bits per heavy atom. The number of benzene rings is 3. The van der Waals surface area contributed by atoms with E-state index in [0.717, 1.165) is 11.1 Å². The van der Waals surface area contributed by atoms with Crippen LogP contribution in [0.3, 0.4) is 0 Å². The van der Waals surface area contributed by atoms with Gasteiger partial charge in [-0.15, -0.1) is 10.2 Å². The number of aromatic nitrogens is 3. The molecule has 4 aromatic rings. The predicted octanol–water partition coefficient (Wildman–Crippen LogP) is 3.77. The fourth-order valence-corrected chi connectivity index (χ4v) is 4.18. The topological polar surface area (TPSA) is 104 Å². The Hall–Kier alpha value is -3.98. The number of carbonyl (C=O) groups excluding carboxylic acids is 1. The van der Waals surface area contributed by atoms with Gasteiger partial charge in [-0.3, -0.25) is 4.79 Å². The van der Waals surface area contributed by atoms with Gasteiger partial charge in [0.05, 0.1) is 18.9 Å². The maximum absolute atomic E-state index is 12.8. The zero-order valence-corrected chi connectivity index (χ0v) is 20.2. The molecule has 0 aliphatic carbocycles. The lowest BCUT2D eigenvalue weighted by Gasteiger charge is -2.19. The summed E-state index contributed by atoms with van der Waals surface area (Å²) in [4.78, 5) is 12.8. The van der Waals surface area contributed by atoms with Crippen LogP contribution in [0.2, 0.25) is 0 Å². The lowest BCUT2D eigenvalue weighted by atomic mass is 9.99. The molecule has 1 amide bonds. The van der Waals surface area contributed by atoms with Gasteiger partial charge in [0.2, 0.25) is 11.1 Å². The van der Waals surface area contributed by atoms with Gasteiger partial charge < -0.3 is 20.6 Å². The summed E-state index contributed by atoms with van der Waals surface area (Å²) in [7, 11) is 1.60. The van der Waals surface area contributed by atoms with E-state index in [-0.39, 0.29) is 24.3 Å². The van der Waals surface area contributed by atoms with Crippen molar-refractivity contribution in [3.63, 3.8) is 0 Å². The second kappa shape index (κ2) is 11.9. The summed E-state index contributed by atoms with van der Waals surface area (Å²) >= 11 is 1.22. The van der Waals surface area contributed by atoms with Crippen molar-refractivity contribution in [3.05, 3.63) is 102 Å². The third-order valence-electron chi connectivity index (χ3n) is 5.30. The molecule has 0 spiro atoms. The molecule has 1 heterocycles. The Morgan fingerprint density at radius 2 is 1.71 bits per heavy atom. The summed E-state index contributed by atoms with van der Waals surface area (Å²) in [6, 6.07) is 27.2. The van der Waals surface area contributed by atoms with Crippen LogP contribution in [0.4, 0.5) is 0 Å². The summed E-state index contributed by atoms with van der Waals surface area (Å²) in [6.45, 7) is 0.135. The summed E-state index contributed by atoms with van der Waals surface area (Å²) in [6.07, 6.45) is 0.695. The highest BCUT2D eigenvalue weighted by atomic mass is 32.2. The average molecular weight is 490 g/mol. The standard InChI is InChI=1S/C26H27N5O3S/c1-33-21-13-8-14-22(16-21)34-17-24-29-30-26(31(24)27)35-18-25(32)28-23(20-11-6-3-7-12-20)15-19-9-4-2-5-10-19/h2-14,16,23H,15,17-18,27H2,1H3,(H,28,32). The van der Waals surface area contributed by atoms with Gasteiger partial charge >= 0.3 is 0 Å². The SMILES string of the molecule is COc1cccc(OCc2nnc(SCC(=O)NC(Cc3ccccc3)c3ccccc3)n2N)c1. The first kappa shape index (κ1) is 24.2. The number of nitrogens with zero attached hydrogens (tertiary/aromatic N) is 3. The molecule has 0 saturated heterocycles. The van der Waals surface area contributed by atoms with Crippen LogP contribution in [0, 0.1) is 0 Å². The minimum absolute atomic E-state index is 0.114. The zero-order chi connectivity index (χ0) is 24.5. The number of carbonyl (C=O) groups is 1. The molecule has 0 saturated carbocycles. The number of thioether (sulfide) groups is 1. The van der Waals surface area contributed by atoms with E-state index in [0.29, 0.717) is 28.9 Å². The molecule has 180 valence electrons. The lowest BCUT2D eigenvalue weighted by Crippen LogP contribution is -2.31. The van der Waals surface area contributed by atoms with Crippen LogP contribution in [0.25, 0.3) is 0 Å². The number of nitrogens with one attached hydrogen (secondary N) is 1. The van der Waals surface area contributed by atoms with Gasteiger partial charge in [0.1, 0.15) is 18.1 Å². The second-order valence-electron chi connectivity index (χ2n) is 7.75. The van der Waals surface area contributed by atoms with Crippen LogP contribution < -0.4 is 20.6 Å². The molecule has 0 fully saturated rings. The van der Waals surface area contributed by atoms with Crippen molar-refractivity contribution in [2.75, 3.05) is 18.7 Å². The predicted molar refractivity (Wildman–Crippen MR) is 136 cm³/mol. The molecule has 3 aromatic carbocycles. The van der Waals surface area contributed by atoms with Crippen molar-refractivity contribution in [1.29, 1.82) is 0 Å². The van der Waals surface area contributed by atoms with E-state index in [1.54, 1.807) is 13.2 Å². The maximum Gasteiger partial charge on any atom is 0.230 e. The highest BCUT2D eigenvalue weighted by Crippen LogP contribution is 2.22. The first-order chi connectivity index (χ1) is 17.1. The number of hydrogen-bond donors (Lipinski definition) is 2. The molecule has 35 heavy (non-hydrogen) atoms. The number of ether oxygens (including phenoxy) is 2. The Kier molecular flexibility index (Phi) is 8.24. The summed E-state index contributed by atoms with van der Waals surface area (Å²) in [5.74, 6) is 7.95. The normalized spacial score (nSPS) is 11.6. The highest BCUT2D eigenvalue weighted by Gasteiger charge is 2.17. The van der Waals surface area contributed by atoms with Crippen molar-refractivity contribution in [3.8, 4) is 11.5 Å². The smallest absolute Gasteiger partial charge is 0.230 e. The van der Waals surface area contributed by atoms with Crippen molar-refractivity contribution in [1.82, 2.24) is 20.2 Å². The first-order valence-corrected chi connectivity index (χ1v) is 12.1. The largest absolute Gasteiger partial charge is 0.497 e. The van der Waals surface area contributed by atoms with Crippen LogP contribution >= 0.6 is 11.8 Å². The molecule has 1 atom stereocenters. The van der Waals surface area contributed by atoms with Gasteiger partial charge in [0.25, 0.3) is 0 Å². The number of nitrogen functional groups attached to an aromatic ring is 1. The minimum Gasteiger partial charge on any atom is -0.497 e. The summed E-state index contributed by atoms with van der Waals surface area (Å²) in [5.41, 5.74) is 2.20. The van der Waals surface area contributed by atoms with Crippen molar-refractivity contribution < 1.29 is 14.3 Å². The lowest BCUT2D eigenvalue weighted by molar-refractivity contribution is -0.119. The molecule has 0 aliphatic heterocycles. The number of methoxy groups -OCH3 is 1. The summed E-state index contributed by atoms with van der Waals surface area (Å²) < 4.78 is 12.3. The molecular weight excluding hydrogens is 462 g/mol. The van der Waals surface area contributed by atoms with E-state index in [2.05, 4.69) is 27.6 Å². The van der Waals surface area contributed by atoms with E-state index in [1.807, 2.05) is 66.7 Å². The van der Waals surface area contributed by atoms with Crippen LogP contribution in [0.5, 0.6) is 11.5 Å². The molecule has 0 radical (unpaired) electrons. The van der Waals surface area contributed by atoms with Crippen molar-refractivity contribution >= 4 is 17.7 Å². The third kappa shape index (κ3) is 6.77. The highest BCUT2D eigenvalue weighted by molar-refractivity contribution is 7.99. The molecular formula is C26H27N5O3S. The number of rotatable bonds is 11. The van der Waals surface area contributed by atoms with Gasteiger partial charge in [-0.1, -0.05) is 78.5 Å². The van der Waals surface area contributed by atoms with Crippen molar-refractivity contribution in [2.45, 2.75) is 24.2 Å². The van der Waals surface area contributed by atoms with E-state index in [1.165, 1.54) is 16.4 Å². The Bertz CT molecular complexity index is 1230. The molecule has 1 aromatic heterocycles. The number of hydrogen-bond acceptors (Lipinski definition) is 7. The van der Waals surface area contributed by atoms with Gasteiger partial charge in [0.15, 0.2) is 5.82 Å². The van der Waals surface area contributed by atoms with Crippen LogP contribution in [-0.2, 0) is 17.8 Å². The molecule has 0 bridgehead atoms. The molecule has 1 unspecified atom stereocenters. The Labute approximate surface area is 208 Å². The van der Waals surface area contributed by atoms with E-state index < -0.39 is 0 Å². The first-order valence-electron chi connectivity index (χ1n) is 11.1. The third-order valence-corrected chi connectivity index (χ3v) is 6.24. The average Bonchev–Trinajstić information content (AvgIpc) is 3.26.